The fraction of sp³-hybridized carbons (Fsp3) is 0.400. The highest BCUT2D eigenvalue weighted by molar-refractivity contribution is 7.89. The Kier molecular flexibility index (Phi) is 4.87. The van der Waals surface area contributed by atoms with E-state index >= 15 is 0 Å². The van der Waals surface area contributed by atoms with E-state index in [1.165, 1.54) is 25.3 Å². The molecule has 0 heterocycles. The van der Waals surface area contributed by atoms with E-state index in [1.807, 2.05) is 0 Å². The molecule has 1 aliphatic carbocycles. The number of carbonyl (C=O) groups excluding carboxylic acids is 1. The fourth-order valence-electron chi connectivity index (χ4n) is 2.48. The van der Waals surface area contributed by atoms with E-state index in [1.54, 1.807) is 0 Å². The summed E-state index contributed by atoms with van der Waals surface area (Å²) in [6.07, 6.45) is 3.11. The predicted octanol–water partition coefficient (Wildman–Crippen LogP) is 1.57. The van der Waals surface area contributed by atoms with Gasteiger partial charge < -0.3 is 10.5 Å². The van der Waals surface area contributed by atoms with Crippen molar-refractivity contribution in [2.45, 2.75) is 36.6 Å². The Balaban J connectivity index is 2.24. The summed E-state index contributed by atoms with van der Waals surface area (Å²) in [5.74, 6) is -0.483. The van der Waals surface area contributed by atoms with Crippen molar-refractivity contribution in [2.75, 3.05) is 7.11 Å². The van der Waals surface area contributed by atoms with E-state index in [4.69, 9.17) is 10.5 Å². The van der Waals surface area contributed by atoms with Crippen LogP contribution in [0, 0.1) is 0 Å². The maximum Gasteiger partial charge on any atom is 0.252 e. The average Bonchev–Trinajstić information content (AvgIpc) is 2.48. The van der Waals surface area contributed by atoms with Gasteiger partial charge in [-0.25, -0.2) is 13.1 Å². The van der Waals surface area contributed by atoms with Crippen molar-refractivity contribution in [1.82, 2.24) is 4.72 Å². The Morgan fingerprint density at radius 3 is 2.55 bits per heavy atom. The van der Waals surface area contributed by atoms with Crippen molar-refractivity contribution in [3.63, 3.8) is 0 Å². The molecule has 6 nitrogen and oxygen atoms in total. The third kappa shape index (κ3) is 3.66. The van der Waals surface area contributed by atoms with Gasteiger partial charge in [-0.15, -0.1) is 0 Å². The molecule has 3 N–H and O–H groups in total. The molecule has 0 aliphatic heterocycles. The molecule has 22 heavy (non-hydrogen) atoms. The Hall–Kier alpha value is -1.86. The van der Waals surface area contributed by atoms with E-state index in [0.717, 1.165) is 31.3 Å². The van der Waals surface area contributed by atoms with Crippen LogP contribution in [0.4, 0.5) is 0 Å². The largest absolute Gasteiger partial charge is 0.496 e. The molecule has 0 bridgehead atoms. The van der Waals surface area contributed by atoms with Crippen LogP contribution in [0.5, 0.6) is 5.75 Å². The van der Waals surface area contributed by atoms with Gasteiger partial charge in [-0.1, -0.05) is 12.2 Å². The molecule has 0 aromatic heterocycles. The molecule has 1 fully saturated rings. The monoisotopic (exact) mass is 324 g/mol. The van der Waals surface area contributed by atoms with E-state index in [2.05, 4.69) is 11.3 Å². The molecule has 0 atom stereocenters. The lowest BCUT2D eigenvalue weighted by Crippen LogP contribution is -2.36. The molecule has 2 rings (SSSR count). The van der Waals surface area contributed by atoms with E-state index in [9.17, 15) is 13.2 Å². The van der Waals surface area contributed by atoms with Crippen molar-refractivity contribution in [2.24, 2.45) is 5.73 Å². The Morgan fingerprint density at radius 1 is 1.36 bits per heavy atom. The summed E-state index contributed by atoms with van der Waals surface area (Å²) in [5.41, 5.74) is 6.45. The number of carbonyl (C=O) groups is 1. The van der Waals surface area contributed by atoms with Crippen molar-refractivity contribution in [3.05, 3.63) is 35.9 Å². The van der Waals surface area contributed by atoms with Gasteiger partial charge >= 0.3 is 0 Å². The summed E-state index contributed by atoms with van der Waals surface area (Å²) >= 11 is 0. The number of sulfonamides is 1. The summed E-state index contributed by atoms with van der Waals surface area (Å²) in [5, 5.41) is 0. The van der Waals surface area contributed by atoms with Gasteiger partial charge in [0.25, 0.3) is 5.91 Å². The van der Waals surface area contributed by atoms with Gasteiger partial charge in [0, 0.05) is 6.04 Å². The molecule has 0 unspecified atom stereocenters. The number of primary amides is 1. The molecule has 0 spiro atoms. The number of hydrogen-bond donors (Lipinski definition) is 2. The van der Waals surface area contributed by atoms with Gasteiger partial charge in [0.15, 0.2) is 0 Å². The third-order valence-corrected chi connectivity index (χ3v) is 5.28. The number of hydrogen-bond acceptors (Lipinski definition) is 4. The maximum absolute atomic E-state index is 12.4. The van der Waals surface area contributed by atoms with Crippen LogP contribution < -0.4 is 15.2 Å². The zero-order valence-electron chi connectivity index (χ0n) is 12.5. The highest BCUT2D eigenvalue weighted by Crippen LogP contribution is 2.25. The van der Waals surface area contributed by atoms with Gasteiger partial charge in [-0.2, -0.15) is 0 Å². The highest BCUT2D eigenvalue weighted by Gasteiger charge is 2.24. The van der Waals surface area contributed by atoms with Crippen molar-refractivity contribution in [3.8, 4) is 5.75 Å². The molecule has 0 saturated heterocycles. The van der Waals surface area contributed by atoms with E-state index in [-0.39, 0.29) is 22.3 Å². The lowest BCUT2D eigenvalue weighted by Gasteiger charge is -2.24. The molecule has 0 radical (unpaired) electrons. The summed E-state index contributed by atoms with van der Waals surface area (Å²) in [6, 6.07) is 3.95. The van der Waals surface area contributed by atoms with Crippen LogP contribution >= 0.6 is 0 Å². The molecule has 7 heteroatoms. The van der Waals surface area contributed by atoms with Crippen molar-refractivity contribution < 1.29 is 17.9 Å². The minimum Gasteiger partial charge on any atom is -0.496 e. The fourth-order valence-corrected chi connectivity index (χ4v) is 3.81. The first-order chi connectivity index (χ1) is 10.3. The summed E-state index contributed by atoms with van der Waals surface area (Å²) < 4.78 is 32.5. The number of nitrogens with one attached hydrogen (secondary N) is 1. The molecule has 1 aliphatic rings. The van der Waals surface area contributed by atoms with Crippen LogP contribution in [0.3, 0.4) is 0 Å². The summed E-state index contributed by atoms with van der Waals surface area (Å²) in [7, 11) is -2.31. The molecular weight excluding hydrogens is 304 g/mol. The number of allylic oxidation sites excluding steroid dienone is 1. The number of nitrogens with two attached hydrogens (primary N) is 1. The molecule has 1 aromatic rings. The van der Waals surface area contributed by atoms with Crippen LogP contribution in [0.15, 0.2) is 35.2 Å². The average molecular weight is 324 g/mol. The molecule has 1 amide bonds. The number of methoxy groups -OCH3 is 1. The van der Waals surface area contributed by atoms with Crippen LogP contribution in [-0.2, 0) is 10.0 Å². The number of amides is 1. The van der Waals surface area contributed by atoms with Crippen LogP contribution in [0.2, 0.25) is 0 Å². The first kappa shape index (κ1) is 16.5. The third-order valence-electron chi connectivity index (χ3n) is 3.76. The number of benzene rings is 1. The minimum absolute atomic E-state index is 0.00602. The van der Waals surface area contributed by atoms with Gasteiger partial charge in [0.2, 0.25) is 10.0 Å². The SMILES string of the molecule is C=C1CCC(NS(=O)(=O)c2ccc(OC)c(C(N)=O)c2)CC1. The van der Waals surface area contributed by atoms with E-state index in [0.29, 0.717) is 0 Å². The van der Waals surface area contributed by atoms with Crippen molar-refractivity contribution >= 4 is 15.9 Å². The molecule has 1 aromatic carbocycles. The van der Waals surface area contributed by atoms with E-state index < -0.39 is 15.9 Å². The Morgan fingerprint density at radius 2 is 2.00 bits per heavy atom. The van der Waals surface area contributed by atoms with Crippen molar-refractivity contribution in [1.29, 1.82) is 0 Å². The standard InChI is InChI=1S/C15H20N2O4S/c1-10-3-5-11(6-4-10)17-22(19,20)12-7-8-14(21-2)13(9-12)15(16)18/h7-9,11,17H,1,3-6H2,2H3,(H2,16,18). The zero-order chi connectivity index (χ0) is 16.3. The smallest absolute Gasteiger partial charge is 0.252 e. The van der Waals surface area contributed by atoms with Gasteiger partial charge in [0.1, 0.15) is 5.75 Å². The molecule has 120 valence electrons. The second-order valence-corrected chi connectivity index (χ2v) is 7.09. The summed E-state index contributed by atoms with van der Waals surface area (Å²) in [6.45, 7) is 3.91. The van der Waals surface area contributed by atoms with Gasteiger partial charge in [-0.3, -0.25) is 4.79 Å². The molecule has 1 saturated carbocycles. The zero-order valence-corrected chi connectivity index (χ0v) is 13.3. The van der Waals surface area contributed by atoms with Gasteiger partial charge in [-0.05, 0) is 43.9 Å². The lowest BCUT2D eigenvalue weighted by molar-refractivity contribution is 0.0997. The first-order valence-electron chi connectivity index (χ1n) is 7.00. The van der Waals surface area contributed by atoms with Crippen LogP contribution in [0.1, 0.15) is 36.0 Å². The van der Waals surface area contributed by atoms with Crippen LogP contribution in [-0.4, -0.2) is 27.5 Å². The Labute approximate surface area is 130 Å². The number of ether oxygens (including phenoxy) is 1. The second-order valence-electron chi connectivity index (χ2n) is 5.37. The quantitative estimate of drug-likeness (QED) is 0.803. The summed E-state index contributed by atoms with van der Waals surface area (Å²) in [4.78, 5) is 11.4. The maximum atomic E-state index is 12.4. The molecular formula is C15H20N2O4S. The lowest BCUT2D eigenvalue weighted by atomic mass is 9.93. The first-order valence-corrected chi connectivity index (χ1v) is 8.48. The normalized spacial score (nSPS) is 16.5. The number of rotatable bonds is 5. The topological polar surface area (TPSA) is 98.5 Å². The minimum atomic E-state index is -3.70. The predicted molar refractivity (Wildman–Crippen MR) is 83.2 cm³/mol. The van der Waals surface area contributed by atoms with Crippen LogP contribution in [0.25, 0.3) is 0 Å². The highest BCUT2D eigenvalue weighted by atomic mass is 32.2. The second kappa shape index (κ2) is 6.50. The Bertz CT molecular complexity index is 687. The van der Waals surface area contributed by atoms with Gasteiger partial charge in [0.05, 0.1) is 17.6 Å².